The van der Waals surface area contributed by atoms with Crippen LogP contribution >= 0.6 is 0 Å². The molecule has 2 nitrogen and oxygen atoms in total. The number of carbonyl (C=O) groups excluding carboxylic acids is 1. The molecule has 0 saturated heterocycles. The Balaban J connectivity index is 2.06. The molecule has 5 atom stereocenters. The monoisotopic (exact) mass is 316 g/mol. The lowest BCUT2D eigenvalue weighted by Gasteiger charge is -2.53. The fourth-order valence-electron chi connectivity index (χ4n) is 6.20. The van der Waals surface area contributed by atoms with Gasteiger partial charge in [0.2, 0.25) is 0 Å². The molecule has 1 N–H and O–H groups in total. The van der Waals surface area contributed by atoms with Crippen molar-refractivity contribution in [1.82, 2.24) is 0 Å². The van der Waals surface area contributed by atoms with Crippen LogP contribution in [0.2, 0.25) is 0 Å². The normalized spacial score (nSPS) is 44.6. The van der Waals surface area contributed by atoms with Crippen molar-refractivity contribution in [3.63, 3.8) is 0 Å². The molecule has 5 unspecified atom stereocenters. The summed E-state index contributed by atoms with van der Waals surface area (Å²) >= 11 is 0. The van der Waals surface area contributed by atoms with Crippen molar-refractivity contribution in [3.8, 4) is 0 Å². The number of aliphatic hydroxyl groups is 1. The first-order chi connectivity index (χ1) is 11.0. The lowest BCUT2D eigenvalue weighted by atomic mass is 9.51. The maximum atomic E-state index is 11.2. The van der Waals surface area contributed by atoms with E-state index in [9.17, 15) is 9.90 Å². The van der Waals surface area contributed by atoms with Gasteiger partial charge in [0.25, 0.3) is 0 Å². The molecule has 2 heteroatoms. The zero-order chi connectivity index (χ0) is 16.7. The molecule has 0 bridgehead atoms. The molecule has 2 saturated carbocycles. The minimum Gasteiger partial charge on any atom is -0.393 e. The van der Waals surface area contributed by atoms with E-state index in [1.807, 2.05) is 6.08 Å². The Morgan fingerprint density at radius 1 is 1.30 bits per heavy atom. The number of allylic oxidation sites excluding steroid dienone is 4. The lowest BCUT2D eigenvalue weighted by molar-refractivity contribution is -0.104. The van der Waals surface area contributed by atoms with Crippen LogP contribution in [0.3, 0.4) is 0 Å². The second-order valence-corrected chi connectivity index (χ2v) is 8.23. The summed E-state index contributed by atoms with van der Waals surface area (Å²) in [5.74, 6) is 1.24. The predicted molar refractivity (Wildman–Crippen MR) is 94.0 cm³/mol. The van der Waals surface area contributed by atoms with E-state index in [1.165, 1.54) is 12.0 Å². The van der Waals surface area contributed by atoms with Crippen LogP contribution in [0.15, 0.2) is 23.3 Å². The Morgan fingerprint density at radius 3 is 2.74 bits per heavy atom. The molecule has 0 aromatic heterocycles. The van der Waals surface area contributed by atoms with Gasteiger partial charge in [-0.2, -0.15) is 0 Å². The van der Waals surface area contributed by atoms with E-state index in [-0.39, 0.29) is 16.9 Å². The van der Waals surface area contributed by atoms with E-state index in [1.54, 1.807) is 5.57 Å². The molecule has 128 valence electrons. The van der Waals surface area contributed by atoms with Crippen molar-refractivity contribution in [2.24, 2.45) is 22.7 Å². The highest BCUT2D eigenvalue weighted by Crippen LogP contribution is 2.63. The zero-order valence-electron chi connectivity index (χ0n) is 15.0. The highest BCUT2D eigenvalue weighted by molar-refractivity contribution is 5.67. The van der Waals surface area contributed by atoms with Crippen molar-refractivity contribution in [2.45, 2.75) is 78.2 Å². The molecule has 0 aromatic rings. The molecule has 0 radical (unpaired) electrons. The number of hydrogen-bond acceptors (Lipinski definition) is 2. The summed E-state index contributed by atoms with van der Waals surface area (Å²) < 4.78 is 0. The third-order valence-corrected chi connectivity index (χ3v) is 7.45. The van der Waals surface area contributed by atoms with Crippen LogP contribution in [-0.4, -0.2) is 17.5 Å². The van der Waals surface area contributed by atoms with Gasteiger partial charge >= 0.3 is 0 Å². The first kappa shape index (κ1) is 17.0. The van der Waals surface area contributed by atoms with E-state index >= 15 is 0 Å². The topological polar surface area (TPSA) is 37.3 Å². The quantitative estimate of drug-likeness (QED) is 0.458. The van der Waals surface area contributed by atoms with Crippen LogP contribution in [0, 0.1) is 22.7 Å². The number of aldehydes is 1. The van der Waals surface area contributed by atoms with Crippen molar-refractivity contribution in [1.29, 1.82) is 0 Å². The van der Waals surface area contributed by atoms with Crippen molar-refractivity contribution in [3.05, 3.63) is 23.3 Å². The molecule has 0 aromatic carbocycles. The number of fused-ring (bicyclic) bond motifs is 3. The van der Waals surface area contributed by atoms with Gasteiger partial charge in [-0.15, -0.1) is 0 Å². The second kappa shape index (κ2) is 6.20. The van der Waals surface area contributed by atoms with Gasteiger partial charge in [0.15, 0.2) is 0 Å². The Morgan fingerprint density at radius 2 is 2.09 bits per heavy atom. The summed E-state index contributed by atoms with van der Waals surface area (Å²) in [5, 5.41) is 10.5. The molecule has 0 aliphatic heterocycles. The molecule has 3 aliphatic carbocycles. The van der Waals surface area contributed by atoms with Gasteiger partial charge in [-0.3, -0.25) is 4.79 Å². The predicted octanol–water partition coefficient (Wildman–Crippen LogP) is 4.83. The number of aliphatic hydroxyl groups excluding tert-OH is 1. The van der Waals surface area contributed by atoms with E-state index < -0.39 is 0 Å². The summed E-state index contributed by atoms with van der Waals surface area (Å²) in [4.78, 5) is 11.2. The summed E-state index contributed by atoms with van der Waals surface area (Å²) in [5.41, 5.74) is 3.15. The zero-order valence-corrected chi connectivity index (χ0v) is 15.0. The van der Waals surface area contributed by atoms with Crippen molar-refractivity contribution >= 4 is 6.29 Å². The van der Waals surface area contributed by atoms with Gasteiger partial charge in [-0.25, -0.2) is 0 Å². The largest absolute Gasteiger partial charge is 0.393 e. The van der Waals surface area contributed by atoms with E-state index in [0.29, 0.717) is 11.8 Å². The molecule has 0 heterocycles. The van der Waals surface area contributed by atoms with E-state index in [4.69, 9.17) is 0 Å². The Labute approximate surface area is 141 Å². The molecule has 3 aliphatic rings. The van der Waals surface area contributed by atoms with Crippen molar-refractivity contribution in [2.75, 3.05) is 0 Å². The van der Waals surface area contributed by atoms with Gasteiger partial charge in [0, 0.05) is 10.8 Å². The van der Waals surface area contributed by atoms with Crippen LogP contribution < -0.4 is 0 Å². The molecule has 23 heavy (non-hydrogen) atoms. The summed E-state index contributed by atoms with van der Waals surface area (Å²) in [6.45, 7) is 6.84. The highest BCUT2D eigenvalue weighted by atomic mass is 16.3. The third-order valence-electron chi connectivity index (χ3n) is 7.45. The number of rotatable bonds is 4. The van der Waals surface area contributed by atoms with Crippen LogP contribution in [0.1, 0.15) is 72.1 Å². The average Bonchev–Trinajstić information content (AvgIpc) is 2.85. The standard InChI is InChI=1S/C21H32O2/c1-4-12-21(5-2)15(11-14-22)6-7-16-17-8-9-19(23)20(17,3)13-10-18(16)21/h10-11,14,16-17,19,23H,4-9,12-13H2,1-3H3/b15-11-. The smallest absolute Gasteiger partial charge is 0.142 e. The Kier molecular flexibility index (Phi) is 4.57. The molecule has 0 amide bonds. The first-order valence-electron chi connectivity index (χ1n) is 9.57. The highest BCUT2D eigenvalue weighted by Gasteiger charge is 2.55. The van der Waals surface area contributed by atoms with E-state index in [2.05, 4.69) is 26.8 Å². The SMILES string of the molecule is CCCC1(CC)C2=CCC3(C)C(O)CCC3C2CC/C1=C/C=O. The molecule has 2 fully saturated rings. The van der Waals surface area contributed by atoms with Gasteiger partial charge in [0.1, 0.15) is 6.29 Å². The van der Waals surface area contributed by atoms with Gasteiger partial charge in [0.05, 0.1) is 6.10 Å². The van der Waals surface area contributed by atoms with Gasteiger partial charge in [-0.1, -0.05) is 44.4 Å². The van der Waals surface area contributed by atoms with Crippen LogP contribution in [-0.2, 0) is 4.79 Å². The van der Waals surface area contributed by atoms with Crippen LogP contribution in [0.25, 0.3) is 0 Å². The third kappa shape index (κ3) is 2.36. The molecular weight excluding hydrogens is 284 g/mol. The fourth-order valence-corrected chi connectivity index (χ4v) is 6.20. The second-order valence-electron chi connectivity index (χ2n) is 8.23. The van der Waals surface area contributed by atoms with E-state index in [0.717, 1.165) is 51.2 Å². The summed E-state index contributed by atoms with van der Waals surface area (Å²) in [6.07, 6.45) is 13.9. The van der Waals surface area contributed by atoms with Crippen LogP contribution in [0.5, 0.6) is 0 Å². The molecular formula is C21H32O2. The maximum Gasteiger partial charge on any atom is 0.142 e. The number of hydrogen-bond donors (Lipinski definition) is 1. The average molecular weight is 316 g/mol. The molecule has 3 rings (SSSR count). The summed E-state index contributed by atoms with van der Waals surface area (Å²) in [7, 11) is 0. The first-order valence-corrected chi connectivity index (χ1v) is 9.57. The van der Waals surface area contributed by atoms with Crippen LogP contribution in [0.4, 0.5) is 0 Å². The fraction of sp³-hybridized carbons (Fsp3) is 0.762. The lowest BCUT2D eigenvalue weighted by Crippen LogP contribution is -2.45. The molecule has 0 spiro atoms. The number of carbonyl (C=O) groups is 1. The van der Waals surface area contributed by atoms with Gasteiger partial charge in [-0.05, 0) is 62.9 Å². The minimum absolute atomic E-state index is 0.0751. The van der Waals surface area contributed by atoms with Crippen molar-refractivity contribution < 1.29 is 9.90 Å². The Hall–Kier alpha value is -0.890. The summed E-state index contributed by atoms with van der Waals surface area (Å²) in [6, 6.07) is 0. The minimum atomic E-state index is -0.139. The van der Waals surface area contributed by atoms with Gasteiger partial charge < -0.3 is 5.11 Å². The maximum absolute atomic E-state index is 11.2. The Bertz CT molecular complexity index is 532.